The summed E-state index contributed by atoms with van der Waals surface area (Å²) >= 11 is 5.23. The van der Waals surface area contributed by atoms with Crippen LogP contribution in [0.3, 0.4) is 0 Å². The minimum absolute atomic E-state index is 0.811. The molecule has 106 valence electrons. The smallest absolute Gasteiger partial charge is 0.0701 e. The van der Waals surface area contributed by atoms with E-state index >= 15 is 0 Å². The van der Waals surface area contributed by atoms with Gasteiger partial charge in [0.2, 0.25) is 0 Å². The topological polar surface area (TPSA) is 24.5 Å². The molecule has 2 aromatic rings. The first-order chi connectivity index (χ1) is 9.83. The number of benzene rings is 1. The second kappa shape index (κ2) is 6.61. The Hall–Kier alpha value is -1.04. The average molecular weight is 353 g/mol. The van der Waals surface area contributed by atoms with Crippen LogP contribution in [0.25, 0.3) is 0 Å². The molecule has 2 heterocycles. The van der Waals surface area contributed by atoms with Crippen molar-refractivity contribution in [3.05, 3.63) is 45.1 Å². The number of hydrogen-bond donors (Lipinski definition) is 1. The fourth-order valence-corrected chi connectivity index (χ4v) is 3.55. The summed E-state index contributed by atoms with van der Waals surface area (Å²) in [5, 5.41) is 5.72. The molecule has 0 spiro atoms. The molecule has 5 heteroatoms. The molecule has 3 nitrogen and oxygen atoms in total. The molecule has 1 N–H and O–H groups in total. The molecule has 1 aromatic carbocycles. The van der Waals surface area contributed by atoms with Crippen LogP contribution in [0.2, 0.25) is 0 Å². The SMILES string of the molecule is Brc1cc(CNc2ccccc2N2CCOCC2)cs1. The van der Waals surface area contributed by atoms with E-state index in [0.717, 1.165) is 32.8 Å². The fraction of sp³-hybridized carbons (Fsp3) is 0.333. The molecule has 0 saturated carbocycles. The predicted molar refractivity (Wildman–Crippen MR) is 88.8 cm³/mol. The molecular weight excluding hydrogens is 336 g/mol. The highest BCUT2D eigenvalue weighted by atomic mass is 79.9. The first-order valence-corrected chi connectivity index (χ1v) is 8.39. The van der Waals surface area contributed by atoms with Gasteiger partial charge in [-0.15, -0.1) is 11.3 Å². The van der Waals surface area contributed by atoms with E-state index in [1.54, 1.807) is 11.3 Å². The number of rotatable bonds is 4. The van der Waals surface area contributed by atoms with Gasteiger partial charge in [0.15, 0.2) is 0 Å². The predicted octanol–water partition coefficient (Wildman–Crippen LogP) is 3.96. The van der Waals surface area contributed by atoms with Gasteiger partial charge in [0.05, 0.1) is 28.4 Å². The van der Waals surface area contributed by atoms with Crippen LogP contribution in [-0.2, 0) is 11.3 Å². The summed E-state index contributed by atoms with van der Waals surface area (Å²) in [4.78, 5) is 2.38. The minimum Gasteiger partial charge on any atom is -0.379 e. The van der Waals surface area contributed by atoms with Crippen molar-refractivity contribution in [2.24, 2.45) is 0 Å². The zero-order chi connectivity index (χ0) is 13.8. The number of para-hydroxylation sites is 2. The lowest BCUT2D eigenvalue weighted by atomic mass is 10.2. The lowest BCUT2D eigenvalue weighted by Crippen LogP contribution is -2.36. The Morgan fingerprint density at radius 3 is 2.80 bits per heavy atom. The molecule has 1 aromatic heterocycles. The third kappa shape index (κ3) is 3.34. The Bertz CT molecular complexity index is 567. The van der Waals surface area contributed by atoms with Crippen molar-refractivity contribution in [2.75, 3.05) is 36.5 Å². The first kappa shape index (κ1) is 13.9. The van der Waals surface area contributed by atoms with E-state index in [0.29, 0.717) is 0 Å². The van der Waals surface area contributed by atoms with Crippen molar-refractivity contribution in [3.8, 4) is 0 Å². The van der Waals surface area contributed by atoms with Crippen molar-refractivity contribution < 1.29 is 4.74 Å². The van der Waals surface area contributed by atoms with E-state index in [-0.39, 0.29) is 0 Å². The number of nitrogens with one attached hydrogen (secondary N) is 1. The molecule has 0 atom stereocenters. The van der Waals surface area contributed by atoms with Gasteiger partial charge < -0.3 is 15.0 Å². The molecule has 20 heavy (non-hydrogen) atoms. The Balaban J connectivity index is 1.72. The molecule has 0 aliphatic carbocycles. The van der Waals surface area contributed by atoms with Gasteiger partial charge in [-0.2, -0.15) is 0 Å². The van der Waals surface area contributed by atoms with E-state index in [1.807, 2.05) is 0 Å². The van der Waals surface area contributed by atoms with Crippen LogP contribution in [0.1, 0.15) is 5.56 Å². The number of halogens is 1. The van der Waals surface area contributed by atoms with Gasteiger partial charge in [0.1, 0.15) is 0 Å². The minimum atomic E-state index is 0.811. The van der Waals surface area contributed by atoms with Crippen molar-refractivity contribution in [3.63, 3.8) is 0 Å². The number of morpholine rings is 1. The quantitative estimate of drug-likeness (QED) is 0.901. The van der Waals surface area contributed by atoms with Gasteiger partial charge in [-0.3, -0.25) is 0 Å². The maximum Gasteiger partial charge on any atom is 0.0701 e. The van der Waals surface area contributed by atoms with Gasteiger partial charge in [0.25, 0.3) is 0 Å². The van der Waals surface area contributed by atoms with Crippen LogP contribution in [0.15, 0.2) is 39.5 Å². The fourth-order valence-electron chi connectivity index (χ4n) is 2.34. The molecular formula is C15H17BrN2OS. The van der Waals surface area contributed by atoms with E-state index < -0.39 is 0 Å². The molecule has 0 radical (unpaired) electrons. The van der Waals surface area contributed by atoms with Gasteiger partial charge in [-0.25, -0.2) is 0 Å². The molecule has 1 aliphatic rings. The Morgan fingerprint density at radius 2 is 2.05 bits per heavy atom. The maximum atomic E-state index is 5.43. The van der Waals surface area contributed by atoms with Crippen molar-refractivity contribution >= 4 is 38.6 Å². The van der Waals surface area contributed by atoms with Crippen LogP contribution < -0.4 is 10.2 Å². The summed E-state index contributed by atoms with van der Waals surface area (Å²) in [6, 6.07) is 10.7. The van der Waals surface area contributed by atoms with Crippen LogP contribution in [0.4, 0.5) is 11.4 Å². The second-order valence-corrected chi connectivity index (χ2v) is 7.02. The monoisotopic (exact) mass is 352 g/mol. The second-order valence-electron chi connectivity index (χ2n) is 4.73. The molecule has 0 unspecified atom stereocenters. The van der Waals surface area contributed by atoms with Gasteiger partial charge in [0, 0.05) is 19.6 Å². The highest BCUT2D eigenvalue weighted by Crippen LogP contribution is 2.27. The maximum absolute atomic E-state index is 5.43. The van der Waals surface area contributed by atoms with E-state index in [9.17, 15) is 0 Å². The molecule has 0 bridgehead atoms. The number of anilines is 2. The van der Waals surface area contributed by atoms with E-state index in [4.69, 9.17) is 4.74 Å². The van der Waals surface area contributed by atoms with Crippen LogP contribution >= 0.6 is 27.3 Å². The Morgan fingerprint density at radius 1 is 1.25 bits per heavy atom. The average Bonchev–Trinajstić information content (AvgIpc) is 2.92. The summed E-state index contributed by atoms with van der Waals surface area (Å²) in [5.41, 5.74) is 3.76. The molecule has 1 aliphatic heterocycles. The standard InChI is InChI=1S/C15H17BrN2OS/c16-15-9-12(11-20-15)10-17-13-3-1-2-4-14(13)18-5-7-19-8-6-18/h1-4,9,11,17H,5-8,10H2. The zero-order valence-electron chi connectivity index (χ0n) is 11.1. The molecule has 3 rings (SSSR count). The zero-order valence-corrected chi connectivity index (χ0v) is 13.5. The first-order valence-electron chi connectivity index (χ1n) is 6.71. The Kier molecular flexibility index (Phi) is 4.60. The third-order valence-corrected chi connectivity index (χ3v) is 4.91. The van der Waals surface area contributed by atoms with Crippen molar-refractivity contribution in [1.29, 1.82) is 0 Å². The lowest BCUT2D eigenvalue weighted by molar-refractivity contribution is 0.123. The number of nitrogens with zero attached hydrogens (tertiary/aromatic N) is 1. The molecule has 0 amide bonds. The van der Waals surface area contributed by atoms with Crippen molar-refractivity contribution in [2.45, 2.75) is 6.54 Å². The number of thiophene rings is 1. The largest absolute Gasteiger partial charge is 0.379 e. The number of hydrogen-bond acceptors (Lipinski definition) is 4. The summed E-state index contributed by atoms with van der Waals surface area (Å²) in [5.74, 6) is 0. The molecule has 1 saturated heterocycles. The van der Waals surface area contributed by atoms with Crippen LogP contribution in [0.5, 0.6) is 0 Å². The summed E-state index contributed by atoms with van der Waals surface area (Å²) in [6.45, 7) is 4.40. The van der Waals surface area contributed by atoms with Crippen molar-refractivity contribution in [1.82, 2.24) is 0 Å². The van der Waals surface area contributed by atoms with E-state index in [2.05, 4.69) is 61.9 Å². The normalized spacial score (nSPS) is 15.3. The third-order valence-electron chi connectivity index (χ3n) is 3.36. The van der Waals surface area contributed by atoms with E-state index in [1.165, 1.54) is 20.7 Å². The number of ether oxygens (including phenoxy) is 1. The lowest BCUT2D eigenvalue weighted by Gasteiger charge is -2.30. The Labute approximate surface area is 131 Å². The summed E-state index contributed by atoms with van der Waals surface area (Å²) < 4.78 is 6.60. The van der Waals surface area contributed by atoms with Crippen LogP contribution in [0, 0.1) is 0 Å². The van der Waals surface area contributed by atoms with Crippen LogP contribution in [-0.4, -0.2) is 26.3 Å². The highest BCUT2D eigenvalue weighted by molar-refractivity contribution is 9.11. The highest BCUT2D eigenvalue weighted by Gasteiger charge is 2.14. The summed E-state index contributed by atoms with van der Waals surface area (Å²) in [7, 11) is 0. The van der Waals surface area contributed by atoms with Gasteiger partial charge in [-0.1, -0.05) is 12.1 Å². The summed E-state index contributed by atoms with van der Waals surface area (Å²) in [6.07, 6.45) is 0. The van der Waals surface area contributed by atoms with Gasteiger partial charge >= 0.3 is 0 Å². The molecule has 1 fully saturated rings. The van der Waals surface area contributed by atoms with Gasteiger partial charge in [-0.05, 0) is 45.1 Å².